The average Bonchev–Trinajstić information content (AvgIpc) is 2.71. The van der Waals surface area contributed by atoms with Crippen LogP contribution in [0, 0.1) is 12.7 Å². The minimum atomic E-state index is -3.73. The lowest BCUT2D eigenvalue weighted by Gasteiger charge is -2.07. The molecule has 1 aromatic heterocycles. The number of nitrogens with one attached hydrogen (secondary N) is 1. The minimum absolute atomic E-state index is 0.0421. The molecule has 0 atom stereocenters. The van der Waals surface area contributed by atoms with Crippen molar-refractivity contribution in [2.24, 2.45) is 0 Å². The lowest BCUT2D eigenvalue weighted by Crippen LogP contribution is -2.12. The van der Waals surface area contributed by atoms with Gasteiger partial charge in [-0.25, -0.2) is 12.8 Å². The van der Waals surface area contributed by atoms with Crippen LogP contribution in [0.2, 0.25) is 0 Å². The van der Waals surface area contributed by atoms with E-state index < -0.39 is 15.8 Å². The van der Waals surface area contributed by atoms with Crippen LogP contribution in [0.15, 0.2) is 38.3 Å². The summed E-state index contributed by atoms with van der Waals surface area (Å²) in [5, 5.41) is 0. The van der Waals surface area contributed by atoms with Crippen LogP contribution in [0.4, 0.5) is 10.1 Å². The second-order valence-electron chi connectivity index (χ2n) is 3.65. The predicted octanol–water partition coefficient (Wildman–Crippen LogP) is 3.76. The number of benzene rings is 1. The lowest BCUT2D eigenvalue weighted by molar-refractivity contribution is 0.600. The van der Waals surface area contributed by atoms with Crippen LogP contribution in [0.3, 0.4) is 0 Å². The molecule has 2 aromatic rings. The summed E-state index contributed by atoms with van der Waals surface area (Å²) >= 11 is 4.26. The van der Waals surface area contributed by atoms with E-state index in [-0.39, 0.29) is 9.90 Å². The Hall–Kier alpha value is -0.920. The van der Waals surface area contributed by atoms with Gasteiger partial charge in [0.2, 0.25) is 0 Å². The van der Waals surface area contributed by atoms with Gasteiger partial charge < -0.3 is 0 Å². The Labute approximate surface area is 117 Å². The Morgan fingerprint density at radius 3 is 2.61 bits per heavy atom. The third-order valence-corrected chi connectivity index (χ3v) is 5.66. The first kappa shape index (κ1) is 13.5. The van der Waals surface area contributed by atoms with Crippen molar-refractivity contribution in [1.82, 2.24) is 0 Å². The standard InChI is InChI=1S/C11H9BrFNO2S2/c1-7-2-3-8(13)9(6-7)14-18(15,16)11-5-4-10(12)17-11/h2-6,14H,1H3. The van der Waals surface area contributed by atoms with E-state index in [9.17, 15) is 12.8 Å². The molecule has 1 N–H and O–H groups in total. The molecule has 3 nitrogen and oxygen atoms in total. The van der Waals surface area contributed by atoms with Crippen LogP contribution in [0.5, 0.6) is 0 Å². The highest BCUT2D eigenvalue weighted by Crippen LogP contribution is 2.28. The van der Waals surface area contributed by atoms with Crippen molar-refractivity contribution >= 4 is 43.0 Å². The van der Waals surface area contributed by atoms with Gasteiger partial charge in [0, 0.05) is 0 Å². The molecule has 7 heteroatoms. The SMILES string of the molecule is Cc1ccc(F)c(NS(=O)(=O)c2ccc(Br)s2)c1. The van der Waals surface area contributed by atoms with Crippen molar-refractivity contribution < 1.29 is 12.8 Å². The molecule has 1 heterocycles. The maximum atomic E-state index is 13.5. The van der Waals surface area contributed by atoms with E-state index in [4.69, 9.17) is 0 Å². The van der Waals surface area contributed by atoms with Crippen molar-refractivity contribution in [1.29, 1.82) is 0 Å². The van der Waals surface area contributed by atoms with Crippen molar-refractivity contribution in [2.45, 2.75) is 11.1 Å². The van der Waals surface area contributed by atoms with Crippen molar-refractivity contribution in [3.05, 3.63) is 45.5 Å². The number of aryl methyl sites for hydroxylation is 1. The fourth-order valence-electron chi connectivity index (χ4n) is 1.35. The van der Waals surface area contributed by atoms with Crippen LogP contribution in [-0.4, -0.2) is 8.42 Å². The number of hydrogen-bond donors (Lipinski definition) is 1. The molecule has 0 fully saturated rings. The largest absolute Gasteiger partial charge is 0.276 e. The normalized spacial score (nSPS) is 11.5. The van der Waals surface area contributed by atoms with E-state index in [1.54, 1.807) is 19.1 Å². The van der Waals surface area contributed by atoms with Gasteiger partial charge in [0.05, 0.1) is 9.47 Å². The smallest absolute Gasteiger partial charge is 0.271 e. The van der Waals surface area contributed by atoms with Gasteiger partial charge in [0.25, 0.3) is 10.0 Å². The summed E-state index contributed by atoms with van der Waals surface area (Å²) in [5.41, 5.74) is 0.737. The van der Waals surface area contributed by atoms with Gasteiger partial charge in [-0.1, -0.05) is 6.07 Å². The molecule has 18 heavy (non-hydrogen) atoms. The molecular weight excluding hydrogens is 341 g/mol. The van der Waals surface area contributed by atoms with Crippen LogP contribution in [0.1, 0.15) is 5.56 Å². The third-order valence-electron chi connectivity index (χ3n) is 2.18. The minimum Gasteiger partial charge on any atom is -0.276 e. The van der Waals surface area contributed by atoms with E-state index in [0.717, 1.165) is 16.9 Å². The zero-order valence-electron chi connectivity index (χ0n) is 9.28. The van der Waals surface area contributed by atoms with Gasteiger partial charge in [-0.3, -0.25) is 4.72 Å². The summed E-state index contributed by atoms with van der Waals surface area (Å²) in [5.74, 6) is -0.597. The topological polar surface area (TPSA) is 46.2 Å². The van der Waals surface area contributed by atoms with Crippen molar-refractivity contribution in [3.63, 3.8) is 0 Å². The van der Waals surface area contributed by atoms with E-state index >= 15 is 0 Å². The molecule has 0 saturated carbocycles. The molecule has 0 bridgehead atoms. The first-order valence-corrected chi connectivity index (χ1v) is 8.02. The van der Waals surface area contributed by atoms with Crippen molar-refractivity contribution in [2.75, 3.05) is 4.72 Å². The number of sulfonamides is 1. The molecule has 0 aliphatic heterocycles. The van der Waals surface area contributed by atoms with E-state index in [1.165, 1.54) is 18.2 Å². The fourth-order valence-corrected chi connectivity index (χ4v) is 4.42. The number of rotatable bonds is 3. The highest BCUT2D eigenvalue weighted by molar-refractivity contribution is 9.11. The highest BCUT2D eigenvalue weighted by Gasteiger charge is 2.18. The molecule has 0 aliphatic carbocycles. The summed E-state index contributed by atoms with van der Waals surface area (Å²) in [6.45, 7) is 1.76. The zero-order valence-corrected chi connectivity index (χ0v) is 12.5. The van der Waals surface area contributed by atoms with Crippen molar-refractivity contribution in [3.8, 4) is 0 Å². The highest BCUT2D eigenvalue weighted by atomic mass is 79.9. The van der Waals surface area contributed by atoms with Gasteiger partial charge in [0.1, 0.15) is 10.0 Å². The third kappa shape index (κ3) is 2.90. The Morgan fingerprint density at radius 2 is 2.00 bits per heavy atom. The number of thiophene rings is 1. The average molecular weight is 350 g/mol. The van der Waals surface area contributed by atoms with Crippen LogP contribution in [-0.2, 0) is 10.0 Å². The second kappa shape index (κ2) is 4.99. The van der Waals surface area contributed by atoms with E-state index in [1.807, 2.05) is 0 Å². The van der Waals surface area contributed by atoms with Gasteiger partial charge in [0.15, 0.2) is 0 Å². The Bertz CT molecular complexity index is 682. The van der Waals surface area contributed by atoms with Gasteiger partial charge in [-0.15, -0.1) is 11.3 Å². The first-order valence-electron chi connectivity index (χ1n) is 4.93. The summed E-state index contributed by atoms with van der Waals surface area (Å²) in [6.07, 6.45) is 0. The number of halogens is 2. The van der Waals surface area contributed by atoms with E-state index in [2.05, 4.69) is 20.7 Å². The molecule has 0 radical (unpaired) electrons. The van der Waals surface area contributed by atoms with Gasteiger partial charge >= 0.3 is 0 Å². The summed E-state index contributed by atoms with van der Waals surface area (Å²) in [6, 6.07) is 7.36. The summed E-state index contributed by atoms with van der Waals surface area (Å²) < 4.78 is 40.5. The fraction of sp³-hybridized carbons (Fsp3) is 0.0909. The van der Waals surface area contributed by atoms with Crippen LogP contribution >= 0.6 is 27.3 Å². The monoisotopic (exact) mass is 349 g/mol. The van der Waals surface area contributed by atoms with Crippen LogP contribution < -0.4 is 4.72 Å². The molecular formula is C11H9BrFNO2S2. The van der Waals surface area contributed by atoms with Gasteiger partial charge in [-0.05, 0) is 52.7 Å². The summed E-state index contributed by atoms with van der Waals surface area (Å²) in [4.78, 5) is 0. The maximum absolute atomic E-state index is 13.5. The predicted molar refractivity (Wildman–Crippen MR) is 74.0 cm³/mol. The molecule has 0 saturated heterocycles. The second-order valence-corrected chi connectivity index (χ2v) is 8.02. The Balaban J connectivity index is 2.36. The van der Waals surface area contributed by atoms with E-state index in [0.29, 0.717) is 3.79 Å². The molecule has 0 spiro atoms. The molecule has 0 unspecified atom stereocenters. The molecule has 2 rings (SSSR count). The molecule has 96 valence electrons. The quantitative estimate of drug-likeness (QED) is 0.916. The van der Waals surface area contributed by atoms with Gasteiger partial charge in [-0.2, -0.15) is 0 Å². The number of anilines is 1. The lowest BCUT2D eigenvalue weighted by atomic mass is 10.2. The Kier molecular flexibility index (Phi) is 3.74. The Morgan fingerprint density at radius 1 is 1.28 bits per heavy atom. The first-order chi connectivity index (χ1) is 8.38. The van der Waals surface area contributed by atoms with Crippen LogP contribution in [0.25, 0.3) is 0 Å². The summed E-state index contributed by atoms with van der Waals surface area (Å²) in [7, 11) is -3.73. The number of hydrogen-bond acceptors (Lipinski definition) is 3. The molecule has 1 aromatic carbocycles. The molecule has 0 amide bonds. The molecule has 0 aliphatic rings. The maximum Gasteiger partial charge on any atom is 0.271 e. The zero-order chi connectivity index (χ0) is 13.3.